The van der Waals surface area contributed by atoms with Crippen molar-refractivity contribution in [1.29, 1.82) is 0 Å². The predicted octanol–water partition coefficient (Wildman–Crippen LogP) is 2.14. The summed E-state index contributed by atoms with van der Waals surface area (Å²) < 4.78 is 5.17. The maximum absolute atomic E-state index is 5.17. The van der Waals surface area contributed by atoms with Gasteiger partial charge < -0.3 is 4.42 Å². The van der Waals surface area contributed by atoms with Crippen LogP contribution in [0, 0.1) is 6.92 Å². The fourth-order valence-corrected chi connectivity index (χ4v) is 1.74. The first-order chi connectivity index (χ1) is 6.74. The van der Waals surface area contributed by atoms with Crippen LogP contribution in [0.2, 0.25) is 0 Å². The zero-order valence-electron chi connectivity index (χ0n) is 8.62. The summed E-state index contributed by atoms with van der Waals surface area (Å²) in [6.45, 7) is 8.99. The van der Waals surface area contributed by atoms with Crippen LogP contribution in [0.15, 0.2) is 22.8 Å². The minimum Gasteiger partial charge on any atom is -0.449 e. The summed E-state index contributed by atoms with van der Waals surface area (Å²) in [5.41, 5.74) is 2.41. The Morgan fingerprint density at radius 2 is 2.21 bits per heavy atom. The number of likely N-dealkylation sites (tertiary alicyclic amines) is 1. The van der Waals surface area contributed by atoms with Crippen LogP contribution in [0.4, 0.5) is 0 Å². The van der Waals surface area contributed by atoms with Crippen LogP contribution in [0.3, 0.4) is 0 Å². The van der Waals surface area contributed by atoms with Crippen LogP contribution in [0.25, 0.3) is 0 Å². The number of hydrogen-bond acceptors (Lipinski definition) is 3. The van der Waals surface area contributed by atoms with Gasteiger partial charge in [0.1, 0.15) is 6.26 Å². The fourth-order valence-electron chi connectivity index (χ4n) is 1.74. The molecule has 3 heteroatoms. The molecular weight excluding hydrogens is 176 g/mol. The third-order valence-corrected chi connectivity index (χ3v) is 2.62. The van der Waals surface area contributed by atoms with Crippen LogP contribution < -0.4 is 0 Å². The Morgan fingerprint density at radius 1 is 1.50 bits per heavy atom. The van der Waals surface area contributed by atoms with Crippen molar-refractivity contribution in [3.8, 4) is 0 Å². The quantitative estimate of drug-likeness (QED) is 0.672. The molecule has 76 valence electrons. The van der Waals surface area contributed by atoms with Gasteiger partial charge in [0.05, 0.1) is 5.69 Å². The highest BCUT2D eigenvalue weighted by atomic mass is 16.3. The molecule has 0 bridgehead atoms. The Morgan fingerprint density at radius 3 is 2.79 bits per heavy atom. The van der Waals surface area contributed by atoms with Gasteiger partial charge in [-0.15, -0.1) is 0 Å². The van der Waals surface area contributed by atoms with E-state index in [1.165, 1.54) is 5.57 Å². The molecule has 0 atom stereocenters. The molecular formula is C11H16N2O. The lowest BCUT2D eigenvalue weighted by Crippen LogP contribution is -2.30. The average Bonchev–Trinajstić information content (AvgIpc) is 2.56. The zero-order chi connectivity index (χ0) is 9.97. The van der Waals surface area contributed by atoms with Gasteiger partial charge in [-0.25, -0.2) is 4.98 Å². The van der Waals surface area contributed by atoms with Gasteiger partial charge in [0.25, 0.3) is 0 Å². The molecule has 2 rings (SSSR count). The van der Waals surface area contributed by atoms with E-state index in [2.05, 4.69) is 16.5 Å². The van der Waals surface area contributed by atoms with Crippen LogP contribution >= 0.6 is 0 Å². The second kappa shape index (κ2) is 3.96. The van der Waals surface area contributed by atoms with Crippen molar-refractivity contribution in [2.45, 2.75) is 26.3 Å². The van der Waals surface area contributed by atoms with Gasteiger partial charge in [0.15, 0.2) is 5.89 Å². The lowest BCUT2D eigenvalue weighted by Gasteiger charge is -2.26. The smallest absolute Gasteiger partial charge is 0.191 e. The molecule has 1 saturated heterocycles. The van der Waals surface area contributed by atoms with Crippen molar-refractivity contribution in [3.05, 3.63) is 30.0 Å². The van der Waals surface area contributed by atoms with E-state index in [1.54, 1.807) is 6.26 Å². The van der Waals surface area contributed by atoms with E-state index in [9.17, 15) is 0 Å². The van der Waals surface area contributed by atoms with E-state index in [4.69, 9.17) is 4.42 Å². The second-order valence-electron chi connectivity index (χ2n) is 3.88. The summed E-state index contributed by atoms with van der Waals surface area (Å²) in [5.74, 6) is 0.751. The summed E-state index contributed by atoms with van der Waals surface area (Å²) in [4.78, 5) is 6.69. The monoisotopic (exact) mass is 192 g/mol. The molecule has 0 radical (unpaired) electrons. The third-order valence-electron chi connectivity index (χ3n) is 2.62. The van der Waals surface area contributed by atoms with Crippen molar-refractivity contribution < 1.29 is 4.42 Å². The first-order valence-corrected chi connectivity index (χ1v) is 5.04. The fraction of sp³-hybridized carbons (Fsp3) is 0.545. The SMILES string of the molecule is C=C1CCN(Cc2coc(C)n2)CC1. The topological polar surface area (TPSA) is 29.3 Å². The van der Waals surface area contributed by atoms with Crippen molar-refractivity contribution in [2.24, 2.45) is 0 Å². The molecule has 0 amide bonds. The number of aryl methyl sites for hydroxylation is 1. The van der Waals surface area contributed by atoms with Gasteiger partial charge in [-0.1, -0.05) is 12.2 Å². The molecule has 0 unspecified atom stereocenters. The maximum atomic E-state index is 5.17. The van der Waals surface area contributed by atoms with E-state index in [1.807, 2.05) is 6.92 Å². The highest BCUT2D eigenvalue weighted by molar-refractivity contribution is 5.01. The predicted molar refractivity (Wildman–Crippen MR) is 54.9 cm³/mol. The molecule has 1 fully saturated rings. The summed E-state index contributed by atoms with van der Waals surface area (Å²) >= 11 is 0. The van der Waals surface area contributed by atoms with Gasteiger partial charge >= 0.3 is 0 Å². The van der Waals surface area contributed by atoms with Crippen LogP contribution in [0.5, 0.6) is 0 Å². The van der Waals surface area contributed by atoms with E-state index in [0.29, 0.717) is 0 Å². The Kier molecular flexibility index (Phi) is 2.68. The van der Waals surface area contributed by atoms with Gasteiger partial charge in [0, 0.05) is 26.6 Å². The van der Waals surface area contributed by atoms with Gasteiger partial charge in [-0.2, -0.15) is 0 Å². The Labute approximate surface area is 84.4 Å². The summed E-state index contributed by atoms with van der Waals surface area (Å²) in [7, 11) is 0. The molecule has 1 aliphatic heterocycles. The minimum atomic E-state index is 0.751. The van der Waals surface area contributed by atoms with Crippen molar-refractivity contribution in [2.75, 3.05) is 13.1 Å². The lowest BCUT2D eigenvalue weighted by atomic mass is 10.1. The Hall–Kier alpha value is -1.09. The first kappa shape index (κ1) is 9.46. The number of hydrogen-bond donors (Lipinski definition) is 0. The van der Waals surface area contributed by atoms with Crippen LogP contribution in [-0.2, 0) is 6.54 Å². The molecule has 1 aliphatic rings. The van der Waals surface area contributed by atoms with Crippen molar-refractivity contribution in [3.63, 3.8) is 0 Å². The molecule has 2 heterocycles. The number of nitrogens with zero attached hydrogens (tertiary/aromatic N) is 2. The van der Waals surface area contributed by atoms with E-state index in [-0.39, 0.29) is 0 Å². The minimum absolute atomic E-state index is 0.751. The van der Waals surface area contributed by atoms with E-state index >= 15 is 0 Å². The van der Waals surface area contributed by atoms with Crippen LogP contribution in [0.1, 0.15) is 24.4 Å². The molecule has 0 aliphatic carbocycles. The molecule has 0 spiro atoms. The van der Waals surface area contributed by atoms with Crippen molar-refractivity contribution >= 4 is 0 Å². The van der Waals surface area contributed by atoms with Gasteiger partial charge in [-0.05, 0) is 12.8 Å². The highest BCUT2D eigenvalue weighted by Gasteiger charge is 2.13. The zero-order valence-corrected chi connectivity index (χ0v) is 8.62. The molecule has 0 saturated carbocycles. The van der Waals surface area contributed by atoms with Crippen LogP contribution in [-0.4, -0.2) is 23.0 Å². The van der Waals surface area contributed by atoms with Crippen molar-refractivity contribution in [1.82, 2.24) is 9.88 Å². The Balaban J connectivity index is 1.89. The van der Waals surface area contributed by atoms with Gasteiger partial charge in [-0.3, -0.25) is 4.90 Å². The number of oxazole rings is 1. The number of rotatable bonds is 2. The number of piperidine rings is 1. The molecule has 1 aromatic rings. The Bertz CT molecular complexity index is 320. The molecule has 0 N–H and O–H groups in total. The van der Waals surface area contributed by atoms with Gasteiger partial charge in [0.2, 0.25) is 0 Å². The molecule has 1 aromatic heterocycles. The highest BCUT2D eigenvalue weighted by Crippen LogP contribution is 2.15. The van der Waals surface area contributed by atoms with E-state index < -0.39 is 0 Å². The summed E-state index contributed by atoms with van der Waals surface area (Å²) in [5, 5.41) is 0. The number of aromatic nitrogens is 1. The average molecular weight is 192 g/mol. The maximum Gasteiger partial charge on any atom is 0.191 e. The molecule has 0 aromatic carbocycles. The molecule has 14 heavy (non-hydrogen) atoms. The lowest BCUT2D eigenvalue weighted by molar-refractivity contribution is 0.245. The summed E-state index contributed by atoms with van der Waals surface area (Å²) in [6, 6.07) is 0. The normalized spacial score (nSPS) is 18.8. The summed E-state index contributed by atoms with van der Waals surface area (Å²) in [6.07, 6.45) is 3.99. The third kappa shape index (κ3) is 2.23. The largest absolute Gasteiger partial charge is 0.449 e. The van der Waals surface area contributed by atoms with E-state index in [0.717, 1.165) is 44.1 Å². The molecule has 3 nitrogen and oxygen atoms in total. The first-order valence-electron chi connectivity index (χ1n) is 5.04. The second-order valence-corrected chi connectivity index (χ2v) is 3.88. The standard InChI is InChI=1S/C11H16N2O/c1-9-3-5-13(6-4-9)7-11-8-14-10(2)12-11/h8H,1,3-7H2,2H3.